The molecule has 4 aromatic heterocycles. The number of hydrogen-bond donors (Lipinski definition) is 4. The minimum absolute atomic E-state index is 0.194. The number of fused-ring (bicyclic) bond motifs is 4. The van der Waals surface area contributed by atoms with Crippen LogP contribution in [0.2, 0.25) is 10.0 Å². The largest absolute Gasteiger partial charge is 0.488 e. The van der Waals surface area contributed by atoms with Gasteiger partial charge in [-0.25, -0.2) is 29.9 Å². The number of amides is 2. The van der Waals surface area contributed by atoms with Gasteiger partial charge in [-0.1, -0.05) is 59.6 Å². The predicted octanol–water partition coefficient (Wildman–Crippen LogP) is 8.04. The van der Waals surface area contributed by atoms with Gasteiger partial charge in [0.1, 0.15) is 23.0 Å². The fraction of sp³-hybridized carbons (Fsp3) is 0.111. The number of pyridine rings is 2. The second kappa shape index (κ2) is 21.6. The number of Topliss-reactive ketones (excluding diaryl/α,β-unsaturated/α-hetero) is 2. The van der Waals surface area contributed by atoms with Crippen LogP contribution >= 0.6 is 39.1 Å². The van der Waals surface area contributed by atoms with Crippen LogP contribution in [0.5, 0.6) is 0 Å². The lowest BCUT2D eigenvalue weighted by atomic mass is 9.79. The number of aromatic nitrogens is 6. The first-order chi connectivity index (χ1) is 35.8. The first kappa shape index (κ1) is 49.6. The first-order valence-corrected chi connectivity index (χ1v) is 24.5. The fourth-order valence-electron chi connectivity index (χ4n) is 8.73. The maximum Gasteiger partial charge on any atom is 0.488 e. The summed E-state index contributed by atoms with van der Waals surface area (Å²) in [4.78, 5) is 81.6. The van der Waals surface area contributed by atoms with Crippen molar-refractivity contribution in [3.63, 3.8) is 0 Å². The highest BCUT2D eigenvalue weighted by Crippen LogP contribution is 2.35. The Hall–Kier alpha value is -8.00. The van der Waals surface area contributed by atoms with E-state index in [2.05, 4.69) is 73.6 Å². The maximum absolute atomic E-state index is 12.5. The number of aliphatic imine (C=N–C) groups is 2. The highest BCUT2D eigenvalue weighted by atomic mass is 79.9. The molecule has 0 bridgehead atoms. The average Bonchev–Trinajstić information content (AvgIpc) is 4.21. The molecule has 2 amide bonds. The molecule has 8 aromatic rings. The summed E-state index contributed by atoms with van der Waals surface area (Å²) in [6.45, 7) is 0. The molecule has 2 aliphatic heterocycles. The van der Waals surface area contributed by atoms with Crippen molar-refractivity contribution in [3.05, 3.63) is 205 Å². The Labute approximate surface area is 441 Å². The predicted molar refractivity (Wildman–Crippen MR) is 285 cm³/mol. The molecular formula is C54H38BBrCl2N10O6. The van der Waals surface area contributed by atoms with Gasteiger partial charge in [0.15, 0.2) is 11.6 Å². The molecule has 0 saturated heterocycles. The second-order valence-electron chi connectivity index (χ2n) is 17.5. The molecule has 4 N–H and O–H groups in total. The highest BCUT2D eigenvalue weighted by molar-refractivity contribution is 9.10. The fourth-order valence-corrected chi connectivity index (χ4v) is 9.57. The van der Waals surface area contributed by atoms with Gasteiger partial charge in [-0.2, -0.15) is 0 Å². The topological polar surface area (TPSA) is 235 Å². The minimum Gasteiger partial charge on any atom is -0.423 e. The van der Waals surface area contributed by atoms with Crippen LogP contribution in [0.4, 0.5) is 23.0 Å². The zero-order valence-electron chi connectivity index (χ0n) is 38.8. The van der Waals surface area contributed by atoms with E-state index < -0.39 is 7.12 Å². The zero-order chi connectivity index (χ0) is 51.5. The van der Waals surface area contributed by atoms with Gasteiger partial charge >= 0.3 is 7.12 Å². The molecule has 0 fully saturated rings. The molecule has 0 spiro atoms. The normalized spacial score (nSPS) is 13.5. The molecule has 4 aromatic carbocycles. The molecule has 6 heterocycles. The number of hydrogen-bond acceptors (Lipinski definition) is 14. The third-order valence-electron chi connectivity index (χ3n) is 12.3. The van der Waals surface area contributed by atoms with Crippen LogP contribution in [0.1, 0.15) is 65.5 Å². The van der Waals surface area contributed by atoms with Crippen molar-refractivity contribution in [1.82, 2.24) is 29.9 Å². The van der Waals surface area contributed by atoms with Gasteiger partial charge < -0.3 is 20.7 Å². The zero-order valence-corrected chi connectivity index (χ0v) is 41.9. The van der Waals surface area contributed by atoms with E-state index in [0.29, 0.717) is 77.0 Å². The van der Waals surface area contributed by atoms with E-state index in [9.17, 15) is 19.2 Å². The molecule has 16 nitrogen and oxygen atoms in total. The van der Waals surface area contributed by atoms with E-state index in [-0.39, 0.29) is 34.8 Å². The number of nitrogens with one attached hydrogen (secondary N) is 2. The summed E-state index contributed by atoms with van der Waals surface area (Å²) < 4.78 is 0.906. The Morgan fingerprint density at radius 2 is 1.01 bits per heavy atom. The van der Waals surface area contributed by atoms with Crippen LogP contribution in [0.15, 0.2) is 149 Å². The molecule has 0 atom stereocenters. The average molecular weight is 1080 g/mol. The van der Waals surface area contributed by atoms with Crippen LogP contribution in [-0.2, 0) is 48.1 Å². The quantitative estimate of drug-likeness (QED) is 0.106. The van der Waals surface area contributed by atoms with Crippen LogP contribution in [0.25, 0.3) is 11.1 Å². The third-order valence-corrected chi connectivity index (χ3v) is 13.4. The van der Waals surface area contributed by atoms with Gasteiger partial charge in [-0.05, 0) is 97.7 Å². The Morgan fingerprint density at radius 1 is 0.514 bits per heavy atom. The summed E-state index contributed by atoms with van der Waals surface area (Å²) in [6.07, 6.45) is 15.4. The Balaban J connectivity index is 0.000000140. The number of anilines is 2. The van der Waals surface area contributed by atoms with Gasteiger partial charge in [-0.15, -0.1) is 0 Å². The van der Waals surface area contributed by atoms with Crippen LogP contribution in [-0.4, -0.2) is 81.9 Å². The van der Waals surface area contributed by atoms with E-state index in [0.717, 1.165) is 71.5 Å². The van der Waals surface area contributed by atoms with Crippen molar-refractivity contribution in [2.24, 2.45) is 9.98 Å². The monoisotopic (exact) mass is 1080 g/mol. The maximum atomic E-state index is 12.5. The molecule has 4 aliphatic rings. The molecule has 364 valence electrons. The summed E-state index contributed by atoms with van der Waals surface area (Å²) in [7, 11) is -1.44. The molecule has 2 aliphatic carbocycles. The number of carbonyl (C=O) groups excluding carboxylic acids is 4. The lowest BCUT2D eigenvalue weighted by Crippen LogP contribution is -2.29. The van der Waals surface area contributed by atoms with Gasteiger partial charge in [0, 0.05) is 129 Å². The van der Waals surface area contributed by atoms with Crippen molar-refractivity contribution in [2.75, 3.05) is 10.6 Å². The van der Waals surface area contributed by atoms with Gasteiger partial charge in [0.25, 0.3) is 11.8 Å². The number of benzene rings is 4. The van der Waals surface area contributed by atoms with Crippen molar-refractivity contribution in [2.45, 2.75) is 38.5 Å². The molecule has 74 heavy (non-hydrogen) atoms. The van der Waals surface area contributed by atoms with Crippen LogP contribution in [0.3, 0.4) is 0 Å². The summed E-state index contributed by atoms with van der Waals surface area (Å²) in [5.74, 6) is 1.10. The highest BCUT2D eigenvalue weighted by Gasteiger charge is 2.25. The SMILES string of the molecule is O=C(Nc1ccc(Cl)c(C2=Nc3ncc(Br)cc3C2)c1)c1cnccn1.O=C1Cc2ccc(-c3cnc4c(c3)CC(c3cc(NC(=O)c5cnccn5)ccc3Cl)=N4)cc2C1.O=C1Cc2ccc(B(O)O)cc2C1. The van der Waals surface area contributed by atoms with Crippen molar-refractivity contribution in [1.29, 1.82) is 0 Å². The molecule has 0 saturated carbocycles. The summed E-state index contributed by atoms with van der Waals surface area (Å²) in [5.41, 5.74) is 13.4. The lowest BCUT2D eigenvalue weighted by molar-refractivity contribution is -0.117. The Kier molecular flexibility index (Phi) is 14.5. The number of ketones is 2. The third kappa shape index (κ3) is 11.3. The Bertz CT molecular complexity index is 3640. The van der Waals surface area contributed by atoms with Crippen molar-refractivity contribution >= 4 is 110 Å². The lowest BCUT2D eigenvalue weighted by Gasteiger charge is -2.09. The smallest absolute Gasteiger partial charge is 0.423 e. The van der Waals surface area contributed by atoms with Crippen molar-refractivity contribution < 1.29 is 29.2 Å². The van der Waals surface area contributed by atoms with E-state index in [1.54, 1.807) is 60.8 Å². The molecule has 0 radical (unpaired) electrons. The number of rotatable bonds is 8. The van der Waals surface area contributed by atoms with E-state index in [4.69, 9.17) is 38.2 Å². The van der Waals surface area contributed by atoms with Crippen molar-refractivity contribution in [3.8, 4) is 11.1 Å². The van der Waals surface area contributed by atoms with Gasteiger partial charge in [-0.3, -0.25) is 29.1 Å². The standard InChI is InChI=1S/C27H18ClN5O2.C18H11BrClN5O.C9H9BO3/c28-23-4-3-20(32-27(35)25-14-29-5-6-30-25)12-22(23)24-11-18-8-19(13-31-26(18)33-24)15-1-2-16-9-21(34)10-17(16)7-15;19-11-5-10-6-15(25-17(10)23-8-11)13-7-12(1-2-14(13)20)24-18(26)16-9-21-3-4-22-16;11-9-4-6-1-2-8(10(12)13)3-7(6)5-9/h1-8,12-14H,9-11H2,(H,32,35);1-5,7-9H,6H2,(H,24,26);1-3,12-13H,4-5H2. The summed E-state index contributed by atoms with van der Waals surface area (Å²) in [5, 5.41) is 24.5. The van der Waals surface area contributed by atoms with Crippen LogP contribution in [0, 0.1) is 0 Å². The molecule has 20 heteroatoms. The van der Waals surface area contributed by atoms with Gasteiger partial charge in [0.2, 0.25) is 0 Å². The second-order valence-corrected chi connectivity index (χ2v) is 19.2. The molecule has 0 unspecified atom stereocenters. The number of halogens is 3. The minimum atomic E-state index is -1.44. The molecule has 12 rings (SSSR count). The van der Waals surface area contributed by atoms with Gasteiger partial charge in [0.05, 0.1) is 23.8 Å². The number of carbonyl (C=O) groups is 4. The molecular weight excluding hydrogens is 1050 g/mol. The first-order valence-electron chi connectivity index (χ1n) is 23.0. The van der Waals surface area contributed by atoms with E-state index >= 15 is 0 Å². The van der Waals surface area contributed by atoms with E-state index in [1.807, 2.05) is 24.4 Å². The Morgan fingerprint density at radius 3 is 1.55 bits per heavy atom. The number of nitrogens with zero attached hydrogens (tertiary/aromatic N) is 8. The summed E-state index contributed by atoms with van der Waals surface area (Å²) >= 11 is 16.3. The van der Waals surface area contributed by atoms with Crippen LogP contribution < -0.4 is 16.1 Å². The van der Waals surface area contributed by atoms with E-state index in [1.165, 1.54) is 37.2 Å². The summed E-state index contributed by atoms with van der Waals surface area (Å²) in [6, 6.07) is 25.9.